The van der Waals surface area contributed by atoms with Crippen LogP contribution in [-0.2, 0) is 4.79 Å². The molecule has 1 heterocycles. The molecule has 0 aliphatic rings. The lowest BCUT2D eigenvalue weighted by molar-refractivity contribution is -0.384. The number of rotatable bonds is 5. The standard InChI is InChI=1S/C20H10Cl3N3O4/c21-12-1-4-17(23)18(8-12)25-20(27)11(10-24)7-14-3-6-19(30-14)15-9-13(26(28)29)2-5-16(15)22/h1-9H,(H,25,27)/b11-7+. The molecule has 0 saturated heterocycles. The van der Waals surface area contributed by atoms with Crippen LogP contribution < -0.4 is 5.32 Å². The molecule has 2 aromatic carbocycles. The van der Waals surface area contributed by atoms with Crippen molar-refractivity contribution >= 4 is 58.2 Å². The van der Waals surface area contributed by atoms with E-state index in [9.17, 15) is 20.2 Å². The van der Waals surface area contributed by atoms with Crippen LogP contribution in [0.5, 0.6) is 0 Å². The molecule has 0 aliphatic carbocycles. The maximum atomic E-state index is 12.4. The first kappa shape index (κ1) is 21.4. The molecular weight excluding hydrogens is 453 g/mol. The van der Waals surface area contributed by atoms with E-state index in [1.165, 1.54) is 48.5 Å². The smallest absolute Gasteiger partial charge is 0.270 e. The summed E-state index contributed by atoms with van der Waals surface area (Å²) in [4.78, 5) is 22.8. The van der Waals surface area contributed by atoms with Crippen LogP contribution >= 0.6 is 34.8 Å². The first-order chi connectivity index (χ1) is 14.3. The van der Waals surface area contributed by atoms with E-state index in [2.05, 4.69) is 5.32 Å². The maximum Gasteiger partial charge on any atom is 0.270 e. The molecule has 150 valence electrons. The predicted octanol–water partition coefficient (Wildman–Crippen LogP) is 6.36. The molecule has 0 unspecified atom stereocenters. The third-order valence-electron chi connectivity index (χ3n) is 3.88. The van der Waals surface area contributed by atoms with Crippen molar-refractivity contribution in [1.82, 2.24) is 0 Å². The number of hydrogen-bond acceptors (Lipinski definition) is 5. The number of anilines is 1. The van der Waals surface area contributed by atoms with Gasteiger partial charge in [-0.1, -0.05) is 34.8 Å². The Morgan fingerprint density at radius 2 is 1.83 bits per heavy atom. The highest BCUT2D eigenvalue weighted by Crippen LogP contribution is 2.33. The van der Waals surface area contributed by atoms with Crippen molar-refractivity contribution < 1.29 is 14.1 Å². The van der Waals surface area contributed by atoms with Crippen LogP contribution in [0.25, 0.3) is 17.4 Å². The lowest BCUT2D eigenvalue weighted by atomic mass is 10.1. The highest BCUT2D eigenvalue weighted by molar-refractivity contribution is 6.36. The van der Waals surface area contributed by atoms with Gasteiger partial charge in [0.05, 0.1) is 20.7 Å². The minimum atomic E-state index is -0.715. The van der Waals surface area contributed by atoms with E-state index in [0.29, 0.717) is 10.6 Å². The SMILES string of the molecule is N#C/C(=C\c1ccc(-c2cc([N+](=O)[O-])ccc2Cl)o1)C(=O)Nc1cc(Cl)ccc1Cl. The van der Waals surface area contributed by atoms with Crippen LogP contribution in [0.1, 0.15) is 5.76 Å². The summed E-state index contributed by atoms with van der Waals surface area (Å²) >= 11 is 18.0. The van der Waals surface area contributed by atoms with Gasteiger partial charge in [-0.15, -0.1) is 0 Å². The lowest BCUT2D eigenvalue weighted by Gasteiger charge is -2.06. The first-order valence-electron chi connectivity index (χ1n) is 8.21. The summed E-state index contributed by atoms with van der Waals surface area (Å²) in [6.45, 7) is 0. The van der Waals surface area contributed by atoms with Gasteiger partial charge in [0.1, 0.15) is 23.2 Å². The number of halogens is 3. The van der Waals surface area contributed by atoms with E-state index in [1.54, 1.807) is 12.1 Å². The van der Waals surface area contributed by atoms with Crippen molar-refractivity contribution in [2.75, 3.05) is 5.32 Å². The van der Waals surface area contributed by atoms with Crippen LogP contribution in [0.15, 0.2) is 58.5 Å². The Hall–Kier alpha value is -3.31. The number of nitrogens with one attached hydrogen (secondary N) is 1. The molecule has 3 rings (SSSR count). The van der Waals surface area contributed by atoms with E-state index in [4.69, 9.17) is 39.2 Å². The van der Waals surface area contributed by atoms with E-state index in [-0.39, 0.29) is 38.5 Å². The van der Waals surface area contributed by atoms with Gasteiger partial charge in [0.15, 0.2) is 0 Å². The second-order valence-electron chi connectivity index (χ2n) is 5.87. The van der Waals surface area contributed by atoms with Gasteiger partial charge in [0.25, 0.3) is 11.6 Å². The van der Waals surface area contributed by atoms with E-state index in [1.807, 2.05) is 0 Å². The van der Waals surface area contributed by atoms with Crippen molar-refractivity contribution in [2.45, 2.75) is 0 Å². The molecule has 10 heteroatoms. The minimum Gasteiger partial charge on any atom is -0.457 e. The van der Waals surface area contributed by atoms with Crippen LogP contribution in [0.4, 0.5) is 11.4 Å². The van der Waals surface area contributed by atoms with Crippen LogP contribution in [0, 0.1) is 21.4 Å². The fourth-order valence-corrected chi connectivity index (χ4v) is 3.01. The summed E-state index contributed by atoms with van der Waals surface area (Å²) in [6, 6.07) is 13.3. The van der Waals surface area contributed by atoms with E-state index >= 15 is 0 Å². The molecule has 0 aliphatic heterocycles. The third kappa shape index (κ3) is 4.81. The Morgan fingerprint density at radius 3 is 2.53 bits per heavy atom. The Bertz CT molecular complexity index is 1230. The number of carbonyl (C=O) groups excluding carboxylic acids is 1. The molecule has 0 radical (unpaired) electrons. The van der Waals surface area contributed by atoms with Gasteiger partial charge in [-0.3, -0.25) is 14.9 Å². The number of hydrogen-bond donors (Lipinski definition) is 1. The number of nitrogens with zero attached hydrogens (tertiary/aromatic N) is 2. The van der Waals surface area contributed by atoms with Gasteiger partial charge in [-0.2, -0.15) is 5.26 Å². The zero-order valence-electron chi connectivity index (χ0n) is 14.9. The Balaban J connectivity index is 1.88. The fourth-order valence-electron chi connectivity index (χ4n) is 2.46. The summed E-state index contributed by atoms with van der Waals surface area (Å²) in [5, 5.41) is 23.7. The molecule has 30 heavy (non-hydrogen) atoms. The van der Waals surface area contributed by atoms with Gasteiger partial charge in [0, 0.05) is 28.8 Å². The van der Waals surface area contributed by atoms with Crippen LogP contribution in [0.2, 0.25) is 15.1 Å². The average molecular weight is 463 g/mol. The summed E-state index contributed by atoms with van der Waals surface area (Å²) in [6.07, 6.45) is 1.22. The molecule has 0 bridgehead atoms. The van der Waals surface area contributed by atoms with Crippen LogP contribution in [0.3, 0.4) is 0 Å². The number of non-ortho nitro benzene ring substituents is 1. The number of amides is 1. The largest absolute Gasteiger partial charge is 0.457 e. The Kier molecular flexibility index (Phi) is 6.43. The summed E-state index contributed by atoms with van der Waals surface area (Å²) in [7, 11) is 0. The highest BCUT2D eigenvalue weighted by Gasteiger charge is 2.16. The monoisotopic (exact) mass is 461 g/mol. The van der Waals surface area contributed by atoms with E-state index in [0.717, 1.165) is 0 Å². The highest BCUT2D eigenvalue weighted by atomic mass is 35.5. The van der Waals surface area contributed by atoms with Gasteiger partial charge in [0.2, 0.25) is 0 Å². The molecule has 7 nitrogen and oxygen atoms in total. The zero-order chi connectivity index (χ0) is 21.8. The summed E-state index contributed by atoms with van der Waals surface area (Å²) in [5.74, 6) is -0.296. The Morgan fingerprint density at radius 1 is 1.10 bits per heavy atom. The second kappa shape index (κ2) is 9.01. The quantitative estimate of drug-likeness (QED) is 0.205. The Labute approximate surface area is 185 Å². The maximum absolute atomic E-state index is 12.4. The zero-order valence-corrected chi connectivity index (χ0v) is 17.1. The van der Waals surface area contributed by atoms with Crippen molar-refractivity contribution in [1.29, 1.82) is 5.26 Å². The van der Waals surface area contributed by atoms with Crippen LogP contribution in [-0.4, -0.2) is 10.8 Å². The van der Waals surface area contributed by atoms with Crippen molar-refractivity contribution in [3.63, 3.8) is 0 Å². The van der Waals surface area contributed by atoms with Gasteiger partial charge in [-0.25, -0.2) is 0 Å². The van der Waals surface area contributed by atoms with Crippen molar-refractivity contribution in [2.24, 2.45) is 0 Å². The molecule has 1 N–H and O–H groups in total. The molecule has 0 saturated carbocycles. The number of carbonyl (C=O) groups is 1. The topological polar surface area (TPSA) is 109 Å². The summed E-state index contributed by atoms with van der Waals surface area (Å²) < 4.78 is 5.60. The number of nitro benzene ring substituents is 1. The number of benzene rings is 2. The average Bonchev–Trinajstić information content (AvgIpc) is 3.17. The fraction of sp³-hybridized carbons (Fsp3) is 0. The number of furan rings is 1. The minimum absolute atomic E-state index is 0.154. The lowest BCUT2D eigenvalue weighted by Crippen LogP contribution is -2.13. The van der Waals surface area contributed by atoms with Gasteiger partial charge < -0.3 is 9.73 Å². The number of nitriles is 1. The molecule has 1 amide bonds. The normalized spacial score (nSPS) is 11.1. The molecule has 0 fully saturated rings. The van der Waals surface area contributed by atoms with Gasteiger partial charge >= 0.3 is 0 Å². The molecular formula is C20H10Cl3N3O4. The molecule has 3 aromatic rings. The van der Waals surface area contributed by atoms with Gasteiger partial charge in [-0.05, 0) is 36.4 Å². The predicted molar refractivity (Wildman–Crippen MR) is 114 cm³/mol. The molecule has 0 atom stereocenters. The van der Waals surface area contributed by atoms with Crippen molar-refractivity contribution in [3.8, 4) is 17.4 Å². The van der Waals surface area contributed by atoms with E-state index < -0.39 is 10.8 Å². The first-order valence-corrected chi connectivity index (χ1v) is 9.34. The number of nitro groups is 1. The van der Waals surface area contributed by atoms with Crippen molar-refractivity contribution in [3.05, 3.63) is 85.0 Å². The second-order valence-corrected chi connectivity index (χ2v) is 7.12. The molecule has 1 aromatic heterocycles. The summed E-state index contributed by atoms with van der Waals surface area (Å²) in [5.41, 5.74) is 0.147. The molecule has 0 spiro atoms. The third-order valence-corrected chi connectivity index (χ3v) is 4.78.